The van der Waals surface area contributed by atoms with Crippen LogP contribution in [0.25, 0.3) is 0 Å². The average molecular weight is 619 g/mol. The first kappa shape index (κ1) is 30.7. The second kappa shape index (κ2) is 14.6. The molecule has 2 amide bonds. The van der Waals surface area contributed by atoms with E-state index in [0.717, 1.165) is 5.56 Å². The van der Waals surface area contributed by atoms with E-state index in [9.17, 15) is 18.0 Å². The Balaban J connectivity index is 1.27. The predicted octanol–water partition coefficient (Wildman–Crippen LogP) is 5.86. The Morgan fingerprint density at radius 2 is 1.33 bits per heavy atom. The van der Waals surface area contributed by atoms with Crippen LogP contribution in [0.15, 0.2) is 150 Å². The van der Waals surface area contributed by atoms with Gasteiger partial charge in [0.15, 0.2) is 6.61 Å². The summed E-state index contributed by atoms with van der Waals surface area (Å²) in [4.78, 5) is 25.5. The lowest BCUT2D eigenvalue weighted by Gasteiger charge is -2.26. The molecule has 9 nitrogen and oxygen atoms in total. The van der Waals surface area contributed by atoms with Gasteiger partial charge in [0.2, 0.25) is 0 Å². The maximum atomic E-state index is 13.8. The first-order valence-corrected chi connectivity index (χ1v) is 15.5. The number of anilines is 2. The minimum atomic E-state index is -4.02. The standard InChI is InChI=1S/C35H30N4O5S/c40-34(37-29-14-6-2-7-15-29)26-44-30-22-20-27(21-23-30)24-36-38-35(41)32-18-10-11-19-33(32)39(25-28-12-4-1-5-13-28)45(42,43)31-16-8-3-9-17-31/h1-24H,25-26H2,(H,37,40)(H,38,41)/b36-24-. The molecular weight excluding hydrogens is 588 g/mol. The molecule has 0 spiro atoms. The van der Waals surface area contributed by atoms with Crippen molar-refractivity contribution in [3.8, 4) is 5.75 Å². The quantitative estimate of drug-likeness (QED) is 0.134. The van der Waals surface area contributed by atoms with E-state index in [-0.39, 0.29) is 35.2 Å². The monoisotopic (exact) mass is 618 g/mol. The van der Waals surface area contributed by atoms with Gasteiger partial charge in [0, 0.05) is 5.69 Å². The molecule has 0 bridgehead atoms. The molecule has 0 aliphatic rings. The van der Waals surface area contributed by atoms with E-state index in [0.29, 0.717) is 17.0 Å². The van der Waals surface area contributed by atoms with Gasteiger partial charge >= 0.3 is 0 Å². The smallest absolute Gasteiger partial charge is 0.273 e. The highest BCUT2D eigenvalue weighted by Gasteiger charge is 2.28. The number of carbonyl (C=O) groups excluding carboxylic acids is 2. The summed E-state index contributed by atoms with van der Waals surface area (Å²) in [7, 11) is -4.02. The van der Waals surface area contributed by atoms with Crippen molar-refractivity contribution in [3.05, 3.63) is 156 Å². The first-order valence-electron chi connectivity index (χ1n) is 14.0. The number of benzene rings is 5. The van der Waals surface area contributed by atoms with Crippen LogP contribution in [0.4, 0.5) is 11.4 Å². The zero-order valence-corrected chi connectivity index (χ0v) is 24.9. The molecule has 226 valence electrons. The normalized spacial score (nSPS) is 11.1. The van der Waals surface area contributed by atoms with Crippen molar-refractivity contribution in [1.82, 2.24) is 5.43 Å². The number of nitrogens with zero attached hydrogens (tertiary/aromatic N) is 2. The van der Waals surface area contributed by atoms with Gasteiger partial charge in [-0.25, -0.2) is 13.8 Å². The molecule has 5 aromatic rings. The fourth-order valence-electron chi connectivity index (χ4n) is 4.39. The third-order valence-corrected chi connectivity index (χ3v) is 8.38. The second-order valence-corrected chi connectivity index (χ2v) is 11.7. The SMILES string of the molecule is O=C(COc1ccc(/C=N\NC(=O)c2ccccc2N(Cc2ccccc2)S(=O)(=O)c2ccccc2)cc1)Nc1ccccc1. The highest BCUT2D eigenvalue weighted by Crippen LogP contribution is 2.29. The van der Waals surface area contributed by atoms with E-state index in [1.54, 1.807) is 78.9 Å². The van der Waals surface area contributed by atoms with Crippen LogP contribution < -0.4 is 19.8 Å². The Hall–Kier alpha value is -5.74. The lowest BCUT2D eigenvalue weighted by molar-refractivity contribution is -0.118. The molecule has 2 N–H and O–H groups in total. The zero-order chi connectivity index (χ0) is 31.5. The molecule has 0 aliphatic heterocycles. The minimum absolute atomic E-state index is 0.0218. The molecule has 0 saturated heterocycles. The van der Waals surface area contributed by atoms with Crippen LogP contribution >= 0.6 is 0 Å². The van der Waals surface area contributed by atoms with E-state index in [2.05, 4.69) is 15.8 Å². The number of hydrogen-bond acceptors (Lipinski definition) is 6. The number of hydrogen-bond donors (Lipinski definition) is 2. The molecule has 45 heavy (non-hydrogen) atoms. The van der Waals surface area contributed by atoms with Crippen LogP contribution in [0.2, 0.25) is 0 Å². The Morgan fingerprint density at radius 1 is 0.733 bits per heavy atom. The number of ether oxygens (including phenoxy) is 1. The van der Waals surface area contributed by atoms with Gasteiger partial charge in [0.05, 0.1) is 28.9 Å². The minimum Gasteiger partial charge on any atom is -0.484 e. The number of rotatable bonds is 12. The van der Waals surface area contributed by atoms with Crippen LogP contribution in [0.1, 0.15) is 21.5 Å². The number of hydrazone groups is 1. The Bertz CT molecular complexity index is 1870. The van der Waals surface area contributed by atoms with Gasteiger partial charge < -0.3 is 10.1 Å². The molecule has 0 radical (unpaired) electrons. The topological polar surface area (TPSA) is 117 Å². The van der Waals surface area contributed by atoms with E-state index >= 15 is 0 Å². The summed E-state index contributed by atoms with van der Waals surface area (Å²) in [5.74, 6) is -0.368. The molecule has 0 fully saturated rings. The number of carbonyl (C=O) groups is 2. The number of nitrogens with one attached hydrogen (secondary N) is 2. The molecule has 0 unspecified atom stereocenters. The predicted molar refractivity (Wildman–Crippen MR) is 175 cm³/mol. The maximum Gasteiger partial charge on any atom is 0.273 e. The molecule has 5 rings (SSSR count). The lowest BCUT2D eigenvalue weighted by atomic mass is 10.1. The summed E-state index contributed by atoms with van der Waals surface area (Å²) >= 11 is 0. The second-order valence-electron chi connectivity index (χ2n) is 9.80. The van der Waals surface area contributed by atoms with Gasteiger partial charge in [-0.3, -0.25) is 13.9 Å². The molecule has 0 aromatic heterocycles. The summed E-state index contributed by atoms with van der Waals surface area (Å²) in [5.41, 5.74) is 4.97. The molecule has 0 atom stereocenters. The summed E-state index contributed by atoms with van der Waals surface area (Å²) in [6.07, 6.45) is 1.45. The maximum absolute atomic E-state index is 13.8. The average Bonchev–Trinajstić information content (AvgIpc) is 3.08. The van der Waals surface area contributed by atoms with Crippen molar-refractivity contribution in [1.29, 1.82) is 0 Å². The van der Waals surface area contributed by atoms with E-state index in [1.165, 1.54) is 22.7 Å². The summed E-state index contributed by atoms with van der Waals surface area (Å²) in [6, 6.07) is 39.7. The number of amides is 2. The van der Waals surface area contributed by atoms with Gasteiger partial charge in [-0.15, -0.1) is 0 Å². The molecule has 10 heteroatoms. The Labute approximate surface area is 261 Å². The molecular formula is C35H30N4O5S. The molecule has 0 aliphatic carbocycles. The Morgan fingerprint density at radius 3 is 2.02 bits per heavy atom. The van der Waals surface area contributed by atoms with Gasteiger partial charge in [-0.1, -0.05) is 78.9 Å². The molecule has 5 aromatic carbocycles. The van der Waals surface area contributed by atoms with Gasteiger partial charge in [0.1, 0.15) is 5.75 Å². The summed E-state index contributed by atoms with van der Waals surface area (Å²) < 4.78 is 34.5. The number of sulfonamides is 1. The highest BCUT2D eigenvalue weighted by atomic mass is 32.2. The van der Waals surface area contributed by atoms with E-state index < -0.39 is 15.9 Å². The van der Waals surface area contributed by atoms with Crippen LogP contribution in [0.5, 0.6) is 5.75 Å². The third-order valence-electron chi connectivity index (χ3n) is 6.60. The molecule has 0 heterocycles. The van der Waals surface area contributed by atoms with Gasteiger partial charge in [-0.05, 0) is 71.8 Å². The molecule has 0 saturated carbocycles. The van der Waals surface area contributed by atoms with Crippen LogP contribution in [-0.4, -0.2) is 33.1 Å². The first-order chi connectivity index (χ1) is 21.9. The van der Waals surface area contributed by atoms with Crippen LogP contribution in [0, 0.1) is 0 Å². The van der Waals surface area contributed by atoms with E-state index in [1.807, 2.05) is 48.5 Å². The highest BCUT2D eigenvalue weighted by molar-refractivity contribution is 7.92. The fraction of sp³-hybridized carbons (Fsp3) is 0.0571. The van der Waals surface area contributed by atoms with Gasteiger partial charge in [0.25, 0.3) is 21.8 Å². The van der Waals surface area contributed by atoms with Gasteiger partial charge in [-0.2, -0.15) is 5.10 Å². The van der Waals surface area contributed by atoms with Crippen LogP contribution in [-0.2, 0) is 21.4 Å². The van der Waals surface area contributed by atoms with Crippen molar-refractivity contribution in [2.24, 2.45) is 5.10 Å². The lowest BCUT2D eigenvalue weighted by Crippen LogP contribution is -2.33. The zero-order valence-electron chi connectivity index (χ0n) is 24.1. The Kier molecular flexibility index (Phi) is 9.98. The van der Waals surface area contributed by atoms with Crippen molar-refractivity contribution in [3.63, 3.8) is 0 Å². The van der Waals surface area contributed by atoms with Crippen LogP contribution in [0.3, 0.4) is 0 Å². The van der Waals surface area contributed by atoms with Crippen molar-refractivity contribution >= 4 is 39.4 Å². The summed E-state index contributed by atoms with van der Waals surface area (Å²) in [5, 5.41) is 6.83. The largest absolute Gasteiger partial charge is 0.484 e. The number of para-hydroxylation sites is 2. The third kappa shape index (κ3) is 8.21. The van der Waals surface area contributed by atoms with Crippen molar-refractivity contribution in [2.45, 2.75) is 11.4 Å². The van der Waals surface area contributed by atoms with Crippen molar-refractivity contribution in [2.75, 3.05) is 16.2 Å². The van der Waals surface area contributed by atoms with Crippen molar-refractivity contribution < 1.29 is 22.7 Å². The summed E-state index contributed by atoms with van der Waals surface area (Å²) in [6.45, 7) is -0.132. The fourth-order valence-corrected chi connectivity index (χ4v) is 5.89. The van der Waals surface area contributed by atoms with E-state index in [4.69, 9.17) is 4.74 Å².